The van der Waals surface area contributed by atoms with E-state index in [1.165, 1.54) is 4.90 Å². The number of rotatable bonds is 5. The number of carbonyl (C=O) groups excluding carboxylic acids is 3. The minimum Gasteiger partial charge on any atom is -0.324 e. The second-order valence-corrected chi connectivity index (χ2v) is 9.51. The number of fused-ring (bicyclic) bond motifs is 1. The number of benzene rings is 2. The summed E-state index contributed by atoms with van der Waals surface area (Å²) in [5, 5.41) is 2.91. The predicted octanol–water partition coefficient (Wildman–Crippen LogP) is 4.20. The fraction of sp³-hybridized carbons (Fsp3) is 0.320. The zero-order valence-corrected chi connectivity index (χ0v) is 18.5. The van der Waals surface area contributed by atoms with E-state index in [2.05, 4.69) is 33.4 Å². The Morgan fingerprint density at radius 1 is 0.935 bits per heavy atom. The largest absolute Gasteiger partial charge is 0.324 e. The maximum Gasteiger partial charge on any atom is 0.248 e. The SMILES string of the molecule is O=C(Nc1ccc(Br)cc1)C(Cc1ccccc1)N1C(=O)C2C3C=CC(CC3)C2C1=O. The van der Waals surface area contributed by atoms with Crippen molar-refractivity contribution in [2.45, 2.75) is 25.3 Å². The molecule has 6 rings (SSSR count). The summed E-state index contributed by atoms with van der Waals surface area (Å²) in [5.41, 5.74) is 1.54. The standard InChI is InChI=1S/C25H23BrN2O3/c26-18-10-12-19(13-11-18)27-23(29)20(14-15-4-2-1-3-5-15)28-24(30)21-16-6-7-17(9-8-16)22(21)25(28)31/h1-7,10-13,16-17,20-22H,8-9,14H2,(H,27,29). The van der Waals surface area contributed by atoms with Crippen LogP contribution in [0.25, 0.3) is 0 Å². The molecule has 31 heavy (non-hydrogen) atoms. The lowest BCUT2D eigenvalue weighted by Gasteiger charge is -2.38. The van der Waals surface area contributed by atoms with Crippen LogP contribution in [0, 0.1) is 23.7 Å². The second kappa shape index (κ2) is 8.08. The molecule has 6 heteroatoms. The number of carbonyl (C=O) groups is 3. The van der Waals surface area contributed by atoms with E-state index >= 15 is 0 Å². The first kappa shape index (κ1) is 20.2. The van der Waals surface area contributed by atoms with Crippen molar-refractivity contribution in [1.82, 2.24) is 4.90 Å². The smallest absolute Gasteiger partial charge is 0.248 e. The van der Waals surface area contributed by atoms with Crippen LogP contribution in [-0.2, 0) is 20.8 Å². The monoisotopic (exact) mass is 478 g/mol. The molecule has 1 N–H and O–H groups in total. The highest BCUT2D eigenvalue weighted by Crippen LogP contribution is 2.50. The number of hydrogen-bond acceptors (Lipinski definition) is 3. The summed E-state index contributed by atoms with van der Waals surface area (Å²) >= 11 is 3.39. The zero-order chi connectivity index (χ0) is 21.5. The van der Waals surface area contributed by atoms with Gasteiger partial charge in [-0.2, -0.15) is 0 Å². The summed E-state index contributed by atoms with van der Waals surface area (Å²) in [6, 6.07) is 15.9. The van der Waals surface area contributed by atoms with Gasteiger partial charge in [0.05, 0.1) is 11.8 Å². The highest BCUT2D eigenvalue weighted by molar-refractivity contribution is 9.10. The molecule has 1 heterocycles. The van der Waals surface area contributed by atoms with E-state index in [-0.39, 0.29) is 41.4 Å². The lowest BCUT2D eigenvalue weighted by molar-refractivity contribution is -0.146. The van der Waals surface area contributed by atoms with Crippen LogP contribution in [0.5, 0.6) is 0 Å². The van der Waals surface area contributed by atoms with Crippen LogP contribution in [0.2, 0.25) is 0 Å². The van der Waals surface area contributed by atoms with Crippen LogP contribution < -0.4 is 5.32 Å². The van der Waals surface area contributed by atoms with Crippen molar-refractivity contribution < 1.29 is 14.4 Å². The van der Waals surface area contributed by atoms with Gasteiger partial charge in [-0.25, -0.2) is 0 Å². The molecule has 0 aromatic heterocycles. The van der Waals surface area contributed by atoms with Crippen molar-refractivity contribution >= 4 is 39.3 Å². The summed E-state index contributed by atoms with van der Waals surface area (Å²) in [5.74, 6) is -1.18. The minimum absolute atomic E-state index is 0.100. The molecular formula is C25H23BrN2O3. The summed E-state index contributed by atoms with van der Waals surface area (Å²) in [4.78, 5) is 41.6. The summed E-state index contributed by atoms with van der Waals surface area (Å²) in [6.45, 7) is 0. The number of likely N-dealkylation sites (tertiary alicyclic amines) is 1. The van der Waals surface area contributed by atoms with Crippen molar-refractivity contribution in [3.8, 4) is 0 Å². The number of anilines is 1. The zero-order valence-electron chi connectivity index (χ0n) is 16.9. The summed E-state index contributed by atoms with van der Waals surface area (Å²) < 4.78 is 0.906. The molecule has 3 aliphatic carbocycles. The Kier molecular flexibility index (Phi) is 5.26. The first-order valence-electron chi connectivity index (χ1n) is 10.7. The third-order valence-electron chi connectivity index (χ3n) is 6.79. The average Bonchev–Trinajstić information content (AvgIpc) is 3.07. The molecular weight excluding hydrogens is 456 g/mol. The molecule has 1 aliphatic heterocycles. The van der Waals surface area contributed by atoms with Gasteiger partial charge >= 0.3 is 0 Å². The highest BCUT2D eigenvalue weighted by atomic mass is 79.9. The maximum atomic E-state index is 13.5. The molecule has 2 fully saturated rings. The number of amides is 3. The van der Waals surface area contributed by atoms with Crippen LogP contribution in [0.4, 0.5) is 5.69 Å². The molecule has 1 saturated heterocycles. The van der Waals surface area contributed by atoms with E-state index in [9.17, 15) is 14.4 Å². The van der Waals surface area contributed by atoms with Crippen molar-refractivity contribution in [2.75, 3.05) is 5.32 Å². The van der Waals surface area contributed by atoms with Gasteiger partial charge in [0.2, 0.25) is 17.7 Å². The Balaban J connectivity index is 1.46. The lowest BCUT2D eigenvalue weighted by atomic mass is 9.63. The number of nitrogens with one attached hydrogen (secondary N) is 1. The fourth-order valence-electron chi connectivity index (χ4n) is 5.30. The first-order chi connectivity index (χ1) is 15.0. The van der Waals surface area contributed by atoms with E-state index in [1.54, 1.807) is 12.1 Å². The van der Waals surface area contributed by atoms with Crippen molar-refractivity contribution in [3.63, 3.8) is 0 Å². The molecule has 5 nitrogen and oxygen atoms in total. The van der Waals surface area contributed by atoms with E-state index in [0.29, 0.717) is 12.1 Å². The molecule has 5 atom stereocenters. The molecule has 0 radical (unpaired) electrons. The topological polar surface area (TPSA) is 66.5 Å². The summed E-state index contributed by atoms with van der Waals surface area (Å²) in [7, 11) is 0. The fourth-order valence-corrected chi connectivity index (χ4v) is 5.57. The Morgan fingerprint density at radius 3 is 2.06 bits per heavy atom. The van der Waals surface area contributed by atoms with Crippen LogP contribution in [-0.4, -0.2) is 28.7 Å². The van der Waals surface area contributed by atoms with Gasteiger partial charge in [0.15, 0.2) is 0 Å². The molecule has 2 aromatic carbocycles. The van der Waals surface area contributed by atoms with E-state index in [0.717, 1.165) is 22.9 Å². The molecule has 4 aliphatic rings. The molecule has 2 bridgehead atoms. The van der Waals surface area contributed by atoms with Crippen LogP contribution in [0.1, 0.15) is 18.4 Å². The van der Waals surface area contributed by atoms with Crippen LogP contribution in [0.3, 0.4) is 0 Å². The number of hydrogen-bond donors (Lipinski definition) is 1. The van der Waals surface area contributed by atoms with Gasteiger partial charge < -0.3 is 5.32 Å². The average molecular weight is 479 g/mol. The quantitative estimate of drug-likeness (QED) is 0.517. The lowest BCUT2D eigenvalue weighted by Crippen LogP contribution is -2.49. The van der Waals surface area contributed by atoms with Gasteiger partial charge in [-0.15, -0.1) is 0 Å². The molecule has 3 amide bonds. The normalized spacial score (nSPS) is 27.3. The third kappa shape index (κ3) is 3.63. The molecule has 2 aromatic rings. The Hall–Kier alpha value is -2.73. The molecule has 0 spiro atoms. The Morgan fingerprint density at radius 2 is 1.52 bits per heavy atom. The van der Waals surface area contributed by atoms with E-state index in [1.807, 2.05) is 42.5 Å². The van der Waals surface area contributed by atoms with Gasteiger partial charge in [-0.1, -0.05) is 58.4 Å². The van der Waals surface area contributed by atoms with Gasteiger partial charge in [0, 0.05) is 16.6 Å². The maximum absolute atomic E-state index is 13.5. The van der Waals surface area contributed by atoms with Crippen molar-refractivity contribution in [2.24, 2.45) is 23.7 Å². The number of halogens is 1. The second-order valence-electron chi connectivity index (χ2n) is 8.59. The Labute approximate surface area is 189 Å². The minimum atomic E-state index is -0.879. The van der Waals surface area contributed by atoms with Gasteiger partial charge in [-0.05, 0) is 54.5 Å². The van der Waals surface area contributed by atoms with Gasteiger partial charge in [0.25, 0.3) is 0 Å². The van der Waals surface area contributed by atoms with E-state index < -0.39 is 6.04 Å². The van der Waals surface area contributed by atoms with Crippen LogP contribution >= 0.6 is 15.9 Å². The highest BCUT2D eigenvalue weighted by Gasteiger charge is 2.58. The predicted molar refractivity (Wildman–Crippen MR) is 121 cm³/mol. The summed E-state index contributed by atoms with van der Waals surface area (Å²) in [6.07, 6.45) is 6.35. The van der Waals surface area contributed by atoms with Gasteiger partial charge in [0.1, 0.15) is 6.04 Å². The number of allylic oxidation sites excluding steroid dienone is 2. The van der Waals surface area contributed by atoms with Gasteiger partial charge in [-0.3, -0.25) is 19.3 Å². The van der Waals surface area contributed by atoms with E-state index in [4.69, 9.17) is 0 Å². The first-order valence-corrected chi connectivity index (χ1v) is 11.5. The Bertz CT molecular complexity index is 1020. The number of imide groups is 1. The van der Waals surface area contributed by atoms with Crippen molar-refractivity contribution in [3.05, 3.63) is 76.8 Å². The molecule has 158 valence electrons. The molecule has 1 saturated carbocycles. The molecule has 5 unspecified atom stereocenters. The number of nitrogens with zero attached hydrogens (tertiary/aromatic N) is 1. The third-order valence-corrected chi connectivity index (χ3v) is 7.32. The van der Waals surface area contributed by atoms with Crippen LogP contribution in [0.15, 0.2) is 71.2 Å². The van der Waals surface area contributed by atoms with Crippen molar-refractivity contribution in [1.29, 1.82) is 0 Å².